The van der Waals surface area contributed by atoms with Crippen molar-refractivity contribution >= 4 is 36.0 Å². The minimum absolute atomic E-state index is 0. The second-order valence-corrected chi connectivity index (χ2v) is 9.22. The zero-order valence-electron chi connectivity index (χ0n) is 19.9. The van der Waals surface area contributed by atoms with Crippen molar-refractivity contribution in [3.63, 3.8) is 0 Å². The van der Waals surface area contributed by atoms with Gasteiger partial charge in [-0.25, -0.2) is 9.79 Å². The number of hydrogen-bond donors (Lipinski definition) is 2. The Morgan fingerprint density at radius 2 is 2.13 bits per heavy atom. The number of halogens is 1. The van der Waals surface area contributed by atoms with E-state index in [1.54, 1.807) is 0 Å². The van der Waals surface area contributed by atoms with Gasteiger partial charge in [-0.15, -0.1) is 24.0 Å². The summed E-state index contributed by atoms with van der Waals surface area (Å²) >= 11 is 0. The molecule has 1 aliphatic rings. The maximum Gasteiger partial charge on any atom is 0.410 e. The minimum atomic E-state index is -0.456. The van der Waals surface area contributed by atoms with Gasteiger partial charge >= 0.3 is 6.09 Å². The number of hydrogen-bond acceptors (Lipinski definition) is 5. The van der Waals surface area contributed by atoms with E-state index in [2.05, 4.69) is 34.6 Å². The molecule has 2 N–H and O–H groups in total. The molecule has 2 rings (SSSR count). The van der Waals surface area contributed by atoms with E-state index < -0.39 is 5.60 Å². The number of nitrogens with zero attached hydrogens (tertiary/aromatic N) is 3. The average Bonchev–Trinajstić information content (AvgIpc) is 3.14. The van der Waals surface area contributed by atoms with Crippen LogP contribution in [0, 0.1) is 5.92 Å². The molecule has 0 spiro atoms. The van der Waals surface area contributed by atoms with Crippen molar-refractivity contribution in [2.24, 2.45) is 10.9 Å². The molecular formula is C22H40IN5O3. The van der Waals surface area contributed by atoms with Gasteiger partial charge in [-0.3, -0.25) is 0 Å². The van der Waals surface area contributed by atoms with Crippen molar-refractivity contribution in [1.29, 1.82) is 0 Å². The molecule has 0 aromatic carbocycles. The van der Waals surface area contributed by atoms with Crippen LogP contribution in [0.2, 0.25) is 0 Å². The van der Waals surface area contributed by atoms with E-state index in [-0.39, 0.29) is 30.1 Å². The van der Waals surface area contributed by atoms with Crippen LogP contribution >= 0.6 is 24.0 Å². The summed E-state index contributed by atoms with van der Waals surface area (Å²) in [5.41, 5.74) is 0.493. The highest BCUT2D eigenvalue weighted by Gasteiger charge is 2.27. The fourth-order valence-corrected chi connectivity index (χ4v) is 3.36. The van der Waals surface area contributed by atoms with Gasteiger partial charge in [0.05, 0.1) is 5.69 Å². The Hall–Kier alpha value is -1.52. The first-order chi connectivity index (χ1) is 14.2. The fraction of sp³-hybridized carbons (Fsp3) is 0.773. The van der Waals surface area contributed by atoms with Crippen LogP contribution in [-0.4, -0.2) is 53.9 Å². The highest BCUT2D eigenvalue weighted by molar-refractivity contribution is 14.0. The Morgan fingerprint density at radius 3 is 2.74 bits per heavy atom. The standard InChI is InChI=1S/C22H39N5O3.HI/c1-7-23-20(25-14-18-13-19(16(2)3)26-30-18)24-11-10-17-9-8-12-27(15-17)21(28)29-22(4,5)6;/h13,16-17H,7-12,14-15H2,1-6H3,(H2,23,24,25);1H. The molecule has 1 saturated heterocycles. The Labute approximate surface area is 203 Å². The lowest BCUT2D eigenvalue weighted by Crippen LogP contribution is -2.44. The number of ether oxygens (including phenoxy) is 1. The Bertz CT molecular complexity index is 700. The van der Waals surface area contributed by atoms with E-state index in [1.165, 1.54) is 0 Å². The maximum absolute atomic E-state index is 12.3. The lowest BCUT2D eigenvalue weighted by molar-refractivity contribution is 0.0162. The van der Waals surface area contributed by atoms with Crippen LogP contribution in [0.1, 0.15) is 78.2 Å². The highest BCUT2D eigenvalue weighted by Crippen LogP contribution is 2.21. The molecule has 0 aliphatic carbocycles. The lowest BCUT2D eigenvalue weighted by Gasteiger charge is -2.34. The molecule has 31 heavy (non-hydrogen) atoms. The number of nitrogens with one attached hydrogen (secondary N) is 2. The molecule has 0 saturated carbocycles. The molecule has 1 atom stereocenters. The number of aliphatic imine (C=N–C) groups is 1. The molecule has 1 aromatic heterocycles. The molecule has 1 aromatic rings. The fourth-order valence-electron chi connectivity index (χ4n) is 3.36. The molecule has 1 unspecified atom stereocenters. The summed E-state index contributed by atoms with van der Waals surface area (Å²) in [5, 5.41) is 10.7. The number of likely N-dealkylation sites (tertiary alicyclic amines) is 1. The number of aromatic nitrogens is 1. The first kappa shape index (κ1) is 27.5. The summed E-state index contributed by atoms with van der Waals surface area (Å²) in [6, 6.07) is 1.96. The summed E-state index contributed by atoms with van der Waals surface area (Å²) in [6.45, 7) is 15.5. The molecule has 1 aliphatic heterocycles. The van der Waals surface area contributed by atoms with Gasteiger partial charge in [0.1, 0.15) is 12.1 Å². The molecule has 8 nitrogen and oxygen atoms in total. The lowest BCUT2D eigenvalue weighted by atomic mass is 9.95. The van der Waals surface area contributed by atoms with Crippen molar-refractivity contribution < 1.29 is 14.1 Å². The third-order valence-corrected chi connectivity index (χ3v) is 4.92. The van der Waals surface area contributed by atoms with Crippen LogP contribution in [0.3, 0.4) is 0 Å². The maximum atomic E-state index is 12.3. The van der Waals surface area contributed by atoms with E-state index in [0.29, 0.717) is 18.4 Å². The van der Waals surface area contributed by atoms with Crippen LogP contribution in [0.5, 0.6) is 0 Å². The van der Waals surface area contributed by atoms with Crippen molar-refractivity contribution in [3.05, 3.63) is 17.5 Å². The van der Waals surface area contributed by atoms with Crippen LogP contribution < -0.4 is 10.6 Å². The number of guanidine groups is 1. The number of amides is 1. The Morgan fingerprint density at radius 1 is 1.39 bits per heavy atom. The predicted molar refractivity (Wildman–Crippen MR) is 134 cm³/mol. The second kappa shape index (κ2) is 13.1. The van der Waals surface area contributed by atoms with Crippen molar-refractivity contribution in [3.8, 4) is 0 Å². The zero-order valence-corrected chi connectivity index (χ0v) is 22.2. The van der Waals surface area contributed by atoms with E-state index in [1.807, 2.05) is 38.7 Å². The van der Waals surface area contributed by atoms with Crippen LogP contribution in [-0.2, 0) is 11.3 Å². The number of carbonyl (C=O) groups is 1. The normalized spacial score (nSPS) is 17.3. The first-order valence-electron chi connectivity index (χ1n) is 11.1. The molecule has 1 amide bonds. The van der Waals surface area contributed by atoms with Gasteiger partial charge in [0.25, 0.3) is 0 Å². The Balaban J connectivity index is 0.00000480. The summed E-state index contributed by atoms with van der Waals surface area (Å²) in [4.78, 5) is 18.8. The smallest absolute Gasteiger partial charge is 0.410 e. The van der Waals surface area contributed by atoms with Crippen LogP contribution in [0.4, 0.5) is 4.79 Å². The first-order valence-corrected chi connectivity index (χ1v) is 11.1. The van der Waals surface area contributed by atoms with E-state index in [9.17, 15) is 4.79 Å². The third-order valence-electron chi connectivity index (χ3n) is 4.92. The van der Waals surface area contributed by atoms with Gasteiger partial charge in [0, 0.05) is 32.2 Å². The highest BCUT2D eigenvalue weighted by atomic mass is 127. The molecular weight excluding hydrogens is 509 g/mol. The van der Waals surface area contributed by atoms with E-state index >= 15 is 0 Å². The van der Waals surface area contributed by atoms with Crippen molar-refractivity contribution in [1.82, 2.24) is 20.7 Å². The average molecular weight is 549 g/mol. The van der Waals surface area contributed by atoms with Gasteiger partial charge in [0.2, 0.25) is 0 Å². The quantitative estimate of drug-likeness (QED) is 0.296. The summed E-state index contributed by atoms with van der Waals surface area (Å²) in [5.74, 6) is 2.33. The minimum Gasteiger partial charge on any atom is -0.444 e. The van der Waals surface area contributed by atoms with Crippen molar-refractivity contribution in [2.45, 2.75) is 78.9 Å². The monoisotopic (exact) mass is 549 g/mol. The van der Waals surface area contributed by atoms with Gasteiger partial charge in [0.15, 0.2) is 11.7 Å². The molecule has 178 valence electrons. The zero-order chi connectivity index (χ0) is 22.1. The van der Waals surface area contributed by atoms with Gasteiger partial charge in [-0.05, 0) is 58.8 Å². The molecule has 0 bridgehead atoms. The predicted octanol–water partition coefficient (Wildman–Crippen LogP) is 4.51. The number of carbonyl (C=O) groups excluding carboxylic acids is 1. The van der Waals surface area contributed by atoms with Gasteiger partial charge in [-0.1, -0.05) is 19.0 Å². The number of piperidine rings is 1. The molecule has 0 radical (unpaired) electrons. The second-order valence-electron chi connectivity index (χ2n) is 9.22. The van der Waals surface area contributed by atoms with E-state index in [4.69, 9.17) is 9.26 Å². The number of rotatable bonds is 7. The molecule has 1 fully saturated rings. The SMILES string of the molecule is CCNC(=NCc1cc(C(C)C)no1)NCCC1CCCN(C(=O)OC(C)(C)C)C1.I. The van der Waals surface area contributed by atoms with Crippen LogP contribution in [0.25, 0.3) is 0 Å². The van der Waals surface area contributed by atoms with Gasteiger partial charge < -0.3 is 24.8 Å². The van der Waals surface area contributed by atoms with Gasteiger partial charge in [-0.2, -0.15) is 0 Å². The Kier molecular flexibility index (Phi) is 11.6. The molecule has 9 heteroatoms. The third kappa shape index (κ3) is 10.1. The molecule has 2 heterocycles. The van der Waals surface area contributed by atoms with E-state index in [0.717, 1.165) is 62.9 Å². The summed E-state index contributed by atoms with van der Waals surface area (Å²) in [6.07, 6.45) is 2.92. The summed E-state index contributed by atoms with van der Waals surface area (Å²) in [7, 11) is 0. The van der Waals surface area contributed by atoms with Crippen molar-refractivity contribution in [2.75, 3.05) is 26.2 Å². The largest absolute Gasteiger partial charge is 0.444 e. The topological polar surface area (TPSA) is 92.0 Å². The summed E-state index contributed by atoms with van der Waals surface area (Å²) < 4.78 is 10.9. The van der Waals surface area contributed by atoms with Crippen LogP contribution in [0.15, 0.2) is 15.6 Å².